The molecule has 1 saturated carbocycles. The topological polar surface area (TPSA) is 40.5 Å². The number of likely N-dealkylation sites (tertiary alicyclic amines) is 1. The second-order valence-electron chi connectivity index (χ2n) is 5.11. The van der Waals surface area contributed by atoms with E-state index < -0.39 is 17.3 Å². The second kappa shape index (κ2) is 3.95. The van der Waals surface area contributed by atoms with Crippen molar-refractivity contribution in [3.05, 3.63) is 0 Å². The molecule has 1 N–H and O–H groups in total. The van der Waals surface area contributed by atoms with Gasteiger partial charge in [0, 0.05) is 13.0 Å². The SMILES string of the molecule is O=C(O)C1(CN2CCCC(F)(F)C2)CCC1. The molecule has 5 heteroatoms. The Balaban J connectivity index is 1.96. The van der Waals surface area contributed by atoms with E-state index >= 15 is 0 Å². The van der Waals surface area contributed by atoms with E-state index in [0.29, 0.717) is 25.8 Å². The van der Waals surface area contributed by atoms with Crippen LogP contribution in [0, 0.1) is 5.41 Å². The maximum atomic E-state index is 13.2. The van der Waals surface area contributed by atoms with E-state index in [1.54, 1.807) is 4.90 Å². The molecule has 0 bridgehead atoms. The zero-order chi connectivity index (χ0) is 11.8. The van der Waals surface area contributed by atoms with Crippen LogP contribution in [-0.4, -0.2) is 41.5 Å². The maximum absolute atomic E-state index is 13.2. The van der Waals surface area contributed by atoms with Crippen LogP contribution in [0.3, 0.4) is 0 Å². The molecule has 2 rings (SSSR count). The number of rotatable bonds is 3. The van der Waals surface area contributed by atoms with Crippen molar-refractivity contribution in [1.82, 2.24) is 4.90 Å². The molecule has 1 saturated heterocycles. The van der Waals surface area contributed by atoms with Crippen molar-refractivity contribution in [1.29, 1.82) is 0 Å². The van der Waals surface area contributed by atoms with Crippen molar-refractivity contribution < 1.29 is 18.7 Å². The van der Waals surface area contributed by atoms with Gasteiger partial charge in [-0.2, -0.15) is 0 Å². The van der Waals surface area contributed by atoms with Crippen molar-refractivity contribution in [3.63, 3.8) is 0 Å². The lowest BCUT2D eigenvalue weighted by Gasteiger charge is -2.43. The van der Waals surface area contributed by atoms with Gasteiger partial charge in [-0.15, -0.1) is 0 Å². The molecule has 0 radical (unpaired) electrons. The third-order valence-corrected chi connectivity index (χ3v) is 3.76. The van der Waals surface area contributed by atoms with Crippen LogP contribution in [-0.2, 0) is 4.79 Å². The van der Waals surface area contributed by atoms with Crippen LogP contribution in [0.5, 0.6) is 0 Å². The Morgan fingerprint density at radius 3 is 2.38 bits per heavy atom. The summed E-state index contributed by atoms with van der Waals surface area (Å²) in [7, 11) is 0. The van der Waals surface area contributed by atoms with Gasteiger partial charge in [-0.1, -0.05) is 6.42 Å². The van der Waals surface area contributed by atoms with Gasteiger partial charge in [-0.05, 0) is 25.8 Å². The molecule has 1 aliphatic carbocycles. The Hall–Kier alpha value is -0.710. The molecule has 92 valence electrons. The third kappa shape index (κ3) is 2.19. The van der Waals surface area contributed by atoms with Gasteiger partial charge in [0.1, 0.15) is 0 Å². The van der Waals surface area contributed by atoms with Crippen LogP contribution >= 0.6 is 0 Å². The molecule has 0 spiro atoms. The van der Waals surface area contributed by atoms with Gasteiger partial charge in [-0.25, -0.2) is 8.78 Å². The standard InChI is InChI=1S/C11H17F2NO2/c12-11(13)5-2-6-14(8-11)7-10(9(15)16)3-1-4-10/h1-8H2,(H,15,16). The van der Waals surface area contributed by atoms with Crippen LogP contribution < -0.4 is 0 Å². The van der Waals surface area contributed by atoms with Crippen molar-refractivity contribution in [2.75, 3.05) is 19.6 Å². The molecule has 1 aliphatic heterocycles. The number of carboxylic acids is 1. The summed E-state index contributed by atoms with van der Waals surface area (Å²) in [4.78, 5) is 12.7. The van der Waals surface area contributed by atoms with Crippen LogP contribution in [0.2, 0.25) is 0 Å². The lowest BCUT2D eigenvalue weighted by atomic mass is 9.68. The van der Waals surface area contributed by atoms with Gasteiger partial charge in [0.15, 0.2) is 0 Å². The largest absolute Gasteiger partial charge is 0.481 e. The van der Waals surface area contributed by atoms with Crippen molar-refractivity contribution in [2.45, 2.75) is 38.0 Å². The second-order valence-corrected chi connectivity index (χ2v) is 5.11. The lowest BCUT2D eigenvalue weighted by molar-refractivity contribution is -0.158. The maximum Gasteiger partial charge on any atom is 0.310 e. The number of alkyl halides is 2. The highest BCUT2D eigenvalue weighted by Crippen LogP contribution is 2.42. The molecule has 0 aromatic carbocycles. The lowest BCUT2D eigenvalue weighted by Crippen LogP contribution is -2.52. The van der Waals surface area contributed by atoms with Gasteiger partial charge in [0.25, 0.3) is 5.92 Å². The minimum Gasteiger partial charge on any atom is -0.481 e. The average molecular weight is 233 g/mol. The van der Waals surface area contributed by atoms with Crippen molar-refractivity contribution in [2.24, 2.45) is 5.41 Å². The average Bonchev–Trinajstić information content (AvgIpc) is 2.09. The minimum atomic E-state index is -2.64. The first-order chi connectivity index (χ1) is 7.44. The quantitative estimate of drug-likeness (QED) is 0.810. The summed E-state index contributed by atoms with van der Waals surface area (Å²) >= 11 is 0. The molecular formula is C11H17F2NO2. The number of aliphatic carboxylic acids is 1. The summed E-state index contributed by atoms with van der Waals surface area (Å²) in [6.45, 7) is 0.616. The number of carboxylic acid groups (broad SMARTS) is 1. The number of hydrogen-bond acceptors (Lipinski definition) is 2. The van der Waals surface area contributed by atoms with Crippen LogP contribution in [0.4, 0.5) is 8.78 Å². The van der Waals surface area contributed by atoms with E-state index in [1.807, 2.05) is 0 Å². The smallest absolute Gasteiger partial charge is 0.310 e. The van der Waals surface area contributed by atoms with E-state index in [9.17, 15) is 13.6 Å². The predicted octanol–water partition coefficient (Wildman–Crippen LogP) is 1.97. The van der Waals surface area contributed by atoms with Gasteiger partial charge >= 0.3 is 5.97 Å². The van der Waals surface area contributed by atoms with Gasteiger partial charge < -0.3 is 5.11 Å². The highest BCUT2D eigenvalue weighted by molar-refractivity contribution is 5.76. The summed E-state index contributed by atoms with van der Waals surface area (Å²) in [6, 6.07) is 0. The van der Waals surface area contributed by atoms with Crippen LogP contribution in [0.25, 0.3) is 0 Å². The minimum absolute atomic E-state index is 0.0659. The number of hydrogen-bond donors (Lipinski definition) is 1. The Morgan fingerprint density at radius 1 is 1.25 bits per heavy atom. The van der Waals surface area contributed by atoms with E-state index in [0.717, 1.165) is 6.42 Å². The highest BCUT2D eigenvalue weighted by Gasteiger charge is 2.47. The number of piperidine rings is 1. The highest BCUT2D eigenvalue weighted by atomic mass is 19.3. The van der Waals surface area contributed by atoms with Gasteiger partial charge in [-0.3, -0.25) is 9.69 Å². The monoisotopic (exact) mass is 233 g/mol. The molecule has 0 unspecified atom stereocenters. The first kappa shape index (κ1) is 11.8. The van der Waals surface area contributed by atoms with Crippen molar-refractivity contribution >= 4 is 5.97 Å². The first-order valence-corrected chi connectivity index (χ1v) is 5.77. The molecule has 0 aromatic heterocycles. The molecule has 1 heterocycles. The molecule has 2 aliphatic rings. The van der Waals surface area contributed by atoms with E-state index in [2.05, 4.69) is 0 Å². The zero-order valence-electron chi connectivity index (χ0n) is 9.22. The molecule has 3 nitrogen and oxygen atoms in total. The fraction of sp³-hybridized carbons (Fsp3) is 0.909. The number of halogens is 2. The zero-order valence-corrected chi connectivity index (χ0v) is 9.22. The molecule has 0 aromatic rings. The third-order valence-electron chi connectivity index (χ3n) is 3.76. The fourth-order valence-electron chi connectivity index (χ4n) is 2.65. The van der Waals surface area contributed by atoms with E-state index in [-0.39, 0.29) is 19.5 Å². The number of nitrogens with zero attached hydrogens (tertiary/aromatic N) is 1. The molecule has 0 atom stereocenters. The van der Waals surface area contributed by atoms with E-state index in [4.69, 9.17) is 5.11 Å². The van der Waals surface area contributed by atoms with Gasteiger partial charge in [0.2, 0.25) is 0 Å². The Bertz CT molecular complexity index is 290. The molecule has 16 heavy (non-hydrogen) atoms. The predicted molar refractivity (Wildman–Crippen MR) is 54.5 cm³/mol. The normalized spacial score (nSPS) is 28.4. The summed E-state index contributed by atoms with van der Waals surface area (Å²) in [6.07, 6.45) is 2.55. The van der Waals surface area contributed by atoms with Crippen LogP contribution in [0.1, 0.15) is 32.1 Å². The van der Waals surface area contributed by atoms with Crippen molar-refractivity contribution in [3.8, 4) is 0 Å². The fourth-order valence-corrected chi connectivity index (χ4v) is 2.65. The summed E-state index contributed by atoms with van der Waals surface area (Å²) < 4.78 is 26.3. The number of carbonyl (C=O) groups is 1. The molecule has 0 amide bonds. The summed E-state index contributed by atoms with van der Waals surface area (Å²) in [5, 5.41) is 9.13. The van der Waals surface area contributed by atoms with Crippen LogP contribution in [0.15, 0.2) is 0 Å². The van der Waals surface area contributed by atoms with Gasteiger partial charge in [0.05, 0.1) is 12.0 Å². The Morgan fingerprint density at radius 2 is 1.94 bits per heavy atom. The Kier molecular flexibility index (Phi) is 2.90. The first-order valence-electron chi connectivity index (χ1n) is 5.77. The molecular weight excluding hydrogens is 216 g/mol. The van der Waals surface area contributed by atoms with E-state index in [1.165, 1.54) is 0 Å². The summed E-state index contributed by atoms with van der Waals surface area (Å²) in [5.74, 6) is -3.46. The molecule has 2 fully saturated rings. The summed E-state index contributed by atoms with van der Waals surface area (Å²) in [5.41, 5.74) is -0.743. The Labute approximate surface area is 93.4 Å².